The fraction of sp³-hybridized carbons (Fsp3) is 0.0968. The van der Waals surface area contributed by atoms with Crippen LogP contribution in [0.15, 0.2) is 78.9 Å². The van der Waals surface area contributed by atoms with Gasteiger partial charge >= 0.3 is 6.01 Å². The van der Waals surface area contributed by atoms with Crippen LogP contribution in [0, 0.1) is 22.7 Å². The van der Waals surface area contributed by atoms with Gasteiger partial charge in [0.1, 0.15) is 34.8 Å². The molecule has 3 aromatic carbocycles. The highest BCUT2D eigenvalue weighted by Crippen LogP contribution is 2.36. The van der Waals surface area contributed by atoms with Crippen molar-refractivity contribution in [1.29, 1.82) is 10.5 Å². The van der Waals surface area contributed by atoms with Gasteiger partial charge in [-0.05, 0) is 35.4 Å². The smallest absolute Gasteiger partial charge is 0.328 e. The average Bonchev–Trinajstić information content (AvgIpc) is 3.41. The van der Waals surface area contributed by atoms with Gasteiger partial charge in [-0.2, -0.15) is 25.5 Å². The van der Waals surface area contributed by atoms with E-state index in [9.17, 15) is 10.5 Å². The number of nitrogens with zero attached hydrogens (tertiary/aromatic N) is 8. The number of hydrogen-bond acceptors (Lipinski definition) is 10. The molecule has 0 fully saturated rings. The normalized spacial score (nSPS) is 10.8. The van der Waals surface area contributed by atoms with Crippen LogP contribution in [-0.2, 0) is 6.54 Å². The van der Waals surface area contributed by atoms with Crippen LogP contribution in [0.2, 0.25) is 0 Å². The second kappa shape index (κ2) is 10.8. The van der Waals surface area contributed by atoms with E-state index in [-0.39, 0.29) is 23.0 Å². The molecule has 3 N–H and O–H groups in total. The molecule has 204 valence electrons. The van der Waals surface area contributed by atoms with Gasteiger partial charge in [0.25, 0.3) is 0 Å². The lowest BCUT2D eigenvalue weighted by Crippen LogP contribution is -2.15. The van der Waals surface area contributed by atoms with E-state index in [1.165, 1.54) is 0 Å². The second-order valence-corrected chi connectivity index (χ2v) is 9.59. The van der Waals surface area contributed by atoms with Crippen molar-refractivity contribution in [1.82, 2.24) is 24.3 Å². The van der Waals surface area contributed by atoms with Gasteiger partial charge in [0.15, 0.2) is 5.65 Å². The Balaban J connectivity index is 1.34. The summed E-state index contributed by atoms with van der Waals surface area (Å²) in [5.74, 6) is 1.48. The Labute approximate surface area is 241 Å². The average molecular weight is 553 g/mol. The predicted octanol–water partition coefficient (Wildman–Crippen LogP) is 5.14. The standard InChI is InChI=1S/C31H24N10O/c1-40(2)30-37-29(35-18-19-8-4-3-5-9-19)38-31(39-30)42-21-14-12-20(13-15-21)26-22(16-32)27(34)41-25-11-7-6-10-24(25)36-28(41)23(26)17-33/h3-15H,18,34H2,1-2H3,(H,35,37,38,39). The van der Waals surface area contributed by atoms with Crippen LogP contribution in [0.25, 0.3) is 27.8 Å². The fourth-order valence-corrected chi connectivity index (χ4v) is 4.66. The van der Waals surface area contributed by atoms with Crippen molar-refractivity contribution in [2.75, 3.05) is 30.0 Å². The lowest BCUT2D eigenvalue weighted by Gasteiger charge is -2.14. The molecule has 0 unspecified atom stereocenters. The number of ether oxygens (including phenoxy) is 1. The van der Waals surface area contributed by atoms with Gasteiger partial charge in [0.2, 0.25) is 11.9 Å². The number of aromatic nitrogens is 5. The summed E-state index contributed by atoms with van der Waals surface area (Å²) in [6.07, 6.45) is 0. The molecule has 0 saturated carbocycles. The van der Waals surface area contributed by atoms with E-state index < -0.39 is 0 Å². The van der Waals surface area contributed by atoms with Gasteiger partial charge in [-0.25, -0.2) is 4.98 Å². The number of nitriles is 2. The summed E-state index contributed by atoms with van der Waals surface area (Å²) < 4.78 is 7.65. The molecule has 6 aromatic rings. The van der Waals surface area contributed by atoms with Crippen LogP contribution in [0.3, 0.4) is 0 Å². The molecule has 0 aliphatic rings. The molecule has 0 radical (unpaired) electrons. The first-order chi connectivity index (χ1) is 20.5. The number of rotatable bonds is 7. The topological polar surface area (TPSA) is 154 Å². The van der Waals surface area contributed by atoms with Crippen LogP contribution in [0.1, 0.15) is 16.7 Å². The maximum Gasteiger partial charge on any atom is 0.328 e. The molecule has 0 spiro atoms. The van der Waals surface area contributed by atoms with Crippen LogP contribution in [0.5, 0.6) is 11.8 Å². The Kier molecular flexibility index (Phi) is 6.67. The highest BCUT2D eigenvalue weighted by molar-refractivity contribution is 5.92. The summed E-state index contributed by atoms with van der Waals surface area (Å²) in [4.78, 5) is 19.7. The van der Waals surface area contributed by atoms with Crippen molar-refractivity contribution >= 4 is 34.4 Å². The lowest BCUT2D eigenvalue weighted by atomic mass is 9.96. The molecule has 0 aliphatic heterocycles. The monoisotopic (exact) mass is 552 g/mol. The van der Waals surface area contributed by atoms with Crippen LogP contribution < -0.4 is 20.7 Å². The van der Waals surface area contributed by atoms with Gasteiger partial charge in [-0.15, -0.1) is 0 Å². The van der Waals surface area contributed by atoms with Crippen LogP contribution in [0.4, 0.5) is 17.7 Å². The number of nitrogens with one attached hydrogen (secondary N) is 1. The lowest BCUT2D eigenvalue weighted by molar-refractivity contribution is 0.440. The third-order valence-corrected chi connectivity index (χ3v) is 6.65. The Bertz CT molecular complexity index is 2020. The van der Waals surface area contributed by atoms with Crippen molar-refractivity contribution in [2.24, 2.45) is 0 Å². The molecule has 3 aromatic heterocycles. The molecule has 42 heavy (non-hydrogen) atoms. The number of pyridine rings is 1. The first-order valence-electron chi connectivity index (χ1n) is 13.0. The molecular formula is C31H24N10O. The van der Waals surface area contributed by atoms with E-state index in [0.717, 1.165) is 11.1 Å². The van der Waals surface area contributed by atoms with E-state index >= 15 is 0 Å². The minimum absolute atomic E-state index is 0.113. The summed E-state index contributed by atoms with van der Waals surface area (Å²) in [6, 6.07) is 28.8. The summed E-state index contributed by atoms with van der Waals surface area (Å²) in [5.41, 5.74) is 10.8. The molecule has 11 heteroatoms. The summed E-state index contributed by atoms with van der Waals surface area (Å²) in [6.45, 7) is 0.536. The number of nitrogens with two attached hydrogens (primary N) is 1. The maximum atomic E-state index is 10.2. The first-order valence-corrected chi connectivity index (χ1v) is 13.0. The van der Waals surface area contributed by atoms with E-state index in [2.05, 4.69) is 37.4 Å². The molecule has 0 bridgehead atoms. The molecule has 6 rings (SSSR count). The number of anilines is 3. The summed E-state index contributed by atoms with van der Waals surface area (Å²) in [5, 5.41) is 23.5. The SMILES string of the molecule is CN(C)c1nc(NCc2ccccc2)nc(Oc2ccc(-c3c(C#N)c(N)n4c(nc5ccccc54)c3C#N)cc2)n1. The van der Waals surface area contributed by atoms with Crippen molar-refractivity contribution in [3.8, 4) is 35.0 Å². The largest absolute Gasteiger partial charge is 0.424 e. The van der Waals surface area contributed by atoms with Gasteiger partial charge in [0, 0.05) is 26.2 Å². The third kappa shape index (κ3) is 4.72. The fourth-order valence-electron chi connectivity index (χ4n) is 4.66. The minimum atomic E-state index is 0.113. The van der Waals surface area contributed by atoms with E-state index in [4.69, 9.17) is 10.5 Å². The van der Waals surface area contributed by atoms with Crippen molar-refractivity contribution < 1.29 is 4.74 Å². The van der Waals surface area contributed by atoms with Gasteiger partial charge < -0.3 is 20.7 Å². The molecule has 11 nitrogen and oxygen atoms in total. The quantitative estimate of drug-likeness (QED) is 0.272. The summed E-state index contributed by atoms with van der Waals surface area (Å²) >= 11 is 0. The zero-order chi connectivity index (χ0) is 29.2. The highest BCUT2D eigenvalue weighted by Gasteiger charge is 2.23. The molecular weight excluding hydrogens is 528 g/mol. The molecule has 0 saturated heterocycles. The third-order valence-electron chi connectivity index (χ3n) is 6.65. The van der Waals surface area contributed by atoms with Gasteiger partial charge in [-0.1, -0.05) is 54.6 Å². The zero-order valence-electron chi connectivity index (χ0n) is 22.8. The number of nitrogen functional groups attached to an aromatic ring is 1. The number of benzene rings is 3. The summed E-state index contributed by atoms with van der Waals surface area (Å²) in [7, 11) is 3.67. The number of hydrogen-bond donors (Lipinski definition) is 2. The van der Waals surface area contributed by atoms with Crippen molar-refractivity contribution in [3.05, 3.63) is 95.6 Å². The Hall–Kier alpha value is -6.20. The number of imidazole rings is 1. The van der Waals surface area contributed by atoms with Gasteiger partial charge in [0.05, 0.1) is 11.0 Å². The number of fused-ring (bicyclic) bond motifs is 3. The van der Waals surface area contributed by atoms with Gasteiger partial charge in [-0.3, -0.25) is 4.40 Å². The Morgan fingerprint density at radius 2 is 1.57 bits per heavy atom. The van der Waals surface area contributed by atoms with E-state index in [1.54, 1.807) is 33.6 Å². The number of para-hydroxylation sites is 2. The zero-order valence-corrected chi connectivity index (χ0v) is 22.8. The van der Waals surface area contributed by atoms with E-state index in [0.29, 0.717) is 46.5 Å². The van der Waals surface area contributed by atoms with Crippen molar-refractivity contribution in [2.45, 2.75) is 6.54 Å². The minimum Gasteiger partial charge on any atom is -0.424 e. The Morgan fingerprint density at radius 1 is 0.857 bits per heavy atom. The van der Waals surface area contributed by atoms with Crippen LogP contribution >= 0.6 is 0 Å². The molecule has 0 aliphatic carbocycles. The highest BCUT2D eigenvalue weighted by atomic mass is 16.5. The van der Waals surface area contributed by atoms with Crippen molar-refractivity contribution in [3.63, 3.8) is 0 Å². The Morgan fingerprint density at radius 3 is 2.29 bits per heavy atom. The molecule has 3 heterocycles. The first kappa shape index (κ1) is 26.0. The van der Waals surface area contributed by atoms with Crippen LogP contribution in [-0.4, -0.2) is 38.4 Å². The second-order valence-electron chi connectivity index (χ2n) is 9.59. The van der Waals surface area contributed by atoms with E-state index in [1.807, 2.05) is 68.7 Å². The predicted molar refractivity (Wildman–Crippen MR) is 160 cm³/mol. The maximum absolute atomic E-state index is 10.2. The molecule has 0 amide bonds. The molecule has 0 atom stereocenters.